The van der Waals surface area contributed by atoms with E-state index >= 15 is 0 Å². The summed E-state index contributed by atoms with van der Waals surface area (Å²) in [6.07, 6.45) is 7.56. The van der Waals surface area contributed by atoms with Crippen molar-refractivity contribution >= 4 is 29.4 Å². The fraction of sp³-hybridized carbons (Fsp3) is 0.423. The van der Waals surface area contributed by atoms with Gasteiger partial charge in [0.1, 0.15) is 5.82 Å². The Morgan fingerprint density at radius 3 is 2.70 bits per heavy atom. The van der Waals surface area contributed by atoms with Crippen LogP contribution in [0.2, 0.25) is 0 Å². The van der Waals surface area contributed by atoms with Gasteiger partial charge in [-0.25, -0.2) is 4.98 Å². The summed E-state index contributed by atoms with van der Waals surface area (Å²) < 4.78 is 8.82. The maximum Gasteiger partial charge on any atom is 0.254 e. The second kappa shape index (κ2) is 9.91. The van der Waals surface area contributed by atoms with Crippen LogP contribution in [0.15, 0.2) is 41.0 Å². The Balaban J connectivity index is 1.32. The summed E-state index contributed by atoms with van der Waals surface area (Å²) in [5, 5.41) is 10.3. The monoisotopic (exact) mass is 503 g/mol. The molecule has 3 aromatic rings. The maximum atomic E-state index is 12.9. The first-order valence-electron chi connectivity index (χ1n) is 12.7. The quantitative estimate of drug-likeness (QED) is 0.347. The number of hydrogen-bond acceptors (Lipinski definition) is 8. The minimum atomic E-state index is -0.395. The summed E-state index contributed by atoms with van der Waals surface area (Å²) in [6.45, 7) is 5.46. The molecule has 2 N–H and O–H groups in total. The number of morpholine rings is 1. The van der Waals surface area contributed by atoms with Gasteiger partial charge in [-0.2, -0.15) is 9.61 Å². The molecule has 2 saturated heterocycles. The number of carbonyl (C=O) groups is 2. The Kier molecular flexibility index (Phi) is 6.31. The molecular weight excluding hydrogens is 474 g/mol. The molecule has 0 radical (unpaired) electrons. The molecular formula is C26H29N7O4. The van der Waals surface area contributed by atoms with Crippen LogP contribution in [-0.2, 0) is 20.9 Å². The molecule has 2 amide bonds. The van der Waals surface area contributed by atoms with Gasteiger partial charge in [0.2, 0.25) is 5.91 Å². The van der Waals surface area contributed by atoms with Crippen LogP contribution < -0.4 is 16.2 Å². The van der Waals surface area contributed by atoms with Crippen molar-refractivity contribution in [2.24, 2.45) is 5.92 Å². The van der Waals surface area contributed by atoms with Crippen LogP contribution in [0.3, 0.4) is 0 Å². The van der Waals surface area contributed by atoms with Crippen molar-refractivity contribution in [3.8, 4) is 11.3 Å². The second-order valence-corrected chi connectivity index (χ2v) is 9.81. The first-order chi connectivity index (χ1) is 18.0. The van der Waals surface area contributed by atoms with Gasteiger partial charge in [-0.1, -0.05) is 0 Å². The molecule has 5 heterocycles. The first-order valence-corrected chi connectivity index (χ1v) is 12.7. The molecule has 0 unspecified atom stereocenters. The number of rotatable bonds is 8. The molecule has 0 spiro atoms. The van der Waals surface area contributed by atoms with Crippen LogP contribution >= 0.6 is 0 Å². The lowest BCUT2D eigenvalue weighted by molar-refractivity contribution is -0.124. The molecule has 1 aliphatic carbocycles. The topological polar surface area (TPSA) is 123 Å². The summed E-state index contributed by atoms with van der Waals surface area (Å²) in [5.74, 6) is 0.697. The van der Waals surface area contributed by atoms with Crippen LogP contribution in [0.4, 0.5) is 5.82 Å². The van der Waals surface area contributed by atoms with Crippen LogP contribution in [0.1, 0.15) is 24.8 Å². The third kappa shape index (κ3) is 5.18. The minimum absolute atomic E-state index is 0.0331. The van der Waals surface area contributed by atoms with E-state index in [1.54, 1.807) is 27.4 Å². The Hall–Kier alpha value is -3.83. The Morgan fingerprint density at radius 1 is 1.14 bits per heavy atom. The van der Waals surface area contributed by atoms with E-state index in [2.05, 4.69) is 20.6 Å². The highest BCUT2D eigenvalue weighted by molar-refractivity contribution is 6.15. The van der Waals surface area contributed by atoms with Crippen LogP contribution in [-0.4, -0.2) is 75.3 Å². The predicted octanol–water partition coefficient (Wildman–Crippen LogP) is 1.14. The number of hydrogen-bond donors (Lipinski definition) is 2. The maximum absolute atomic E-state index is 12.9. The third-order valence-electron chi connectivity index (χ3n) is 7.05. The van der Waals surface area contributed by atoms with Gasteiger partial charge in [-0.05, 0) is 30.9 Å². The summed E-state index contributed by atoms with van der Waals surface area (Å²) in [7, 11) is 0. The van der Waals surface area contributed by atoms with Crippen molar-refractivity contribution in [1.82, 2.24) is 29.4 Å². The summed E-state index contributed by atoms with van der Waals surface area (Å²) in [5.41, 5.74) is 2.81. The molecule has 0 aromatic carbocycles. The number of aromatic nitrogens is 4. The third-order valence-corrected chi connectivity index (χ3v) is 7.05. The highest BCUT2D eigenvalue weighted by Gasteiger charge is 2.25. The number of anilines is 1. The molecule has 37 heavy (non-hydrogen) atoms. The number of imide groups is 1. The number of nitrogens with one attached hydrogen (secondary N) is 2. The first kappa shape index (κ1) is 23.6. The van der Waals surface area contributed by atoms with E-state index in [-0.39, 0.29) is 17.9 Å². The van der Waals surface area contributed by atoms with Gasteiger partial charge in [0.15, 0.2) is 5.65 Å². The van der Waals surface area contributed by atoms with Crippen molar-refractivity contribution in [3.63, 3.8) is 0 Å². The van der Waals surface area contributed by atoms with Crippen LogP contribution in [0.5, 0.6) is 0 Å². The molecule has 1 saturated carbocycles. The van der Waals surface area contributed by atoms with Gasteiger partial charge in [0, 0.05) is 67.8 Å². The predicted molar refractivity (Wildman–Crippen MR) is 137 cm³/mol. The van der Waals surface area contributed by atoms with Crippen LogP contribution in [0.25, 0.3) is 23.0 Å². The fourth-order valence-corrected chi connectivity index (χ4v) is 4.66. The number of fused-ring (bicyclic) bond motifs is 1. The number of pyridine rings is 1. The minimum Gasteiger partial charge on any atom is -0.379 e. The van der Waals surface area contributed by atoms with E-state index in [0.717, 1.165) is 45.2 Å². The van der Waals surface area contributed by atoms with Gasteiger partial charge >= 0.3 is 0 Å². The van der Waals surface area contributed by atoms with Gasteiger partial charge in [0.05, 0.1) is 31.5 Å². The van der Waals surface area contributed by atoms with E-state index in [9.17, 15) is 14.4 Å². The fourth-order valence-electron chi connectivity index (χ4n) is 4.66. The van der Waals surface area contributed by atoms with E-state index in [0.29, 0.717) is 40.5 Å². The second-order valence-electron chi connectivity index (χ2n) is 9.81. The summed E-state index contributed by atoms with van der Waals surface area (Å²) in [4.78, 5) is 43.8. The number of nitrogens with zero attached hydrogens (tertiary/aromatic N) is 5. The van der Waals surface area contributed by atoms with E-state index in [4.69, 9.17) is 9.72 Å². The molecule has 0 atom stereocenters. The lowest BCUT2D eigenvalue weighted by atomic mass is 10.1. The smallest absolute Gasteiger partial charge is 0.254 e. The molecule has 11 heteroatoms. The average molecular weight is 504 g/mol. The highest BCUT2D eigenvalue weighted by Crippen LogP contribution is 2.30. The normalized spacial score (nSPS) is 19.6. The van der Waals surface area contributed by atoms with Crippen molar-refractivity contribution in [3.05, 3.63) is 52.1 Å². The lowest BCUT2D eigenvalue weighted by Crippen LogP contribution is -2.39. The van der Waals surface area contributed by atoms with Crippen molar-refractivity contribution < 1.29 is 14.3 Å². The number of amides is 2. The molecule has 6 rings (SSSR count). The standard InChI is InChI=1S/C26H29N7O4/c34-23-12-19(26(36)30-23)11-20-16-28-33-22(27-15-17-1-2-17)14-21(29-25(20)33)18-3-4-32(24(35)13-18)6-5-31-7-9-37-10-8-31/h3-4,11,13-14,16-17,27H,1-2,5-10,12,15H2,(H,30,34,36). The van der Waals surface area contributed by atoms with Crippen molar-refractivity contribution in [2.75, 3.05) is 44.7 Å². The van der Waals surface area contributed by atoms with Gasteiger partial charge in [0.25, 0.3) is 11.5 Å². The SMILES string of the molecule is O=C1CC(=Cc2cnn3c(NCC4CC4)cc(-c4ccn(CCN5CCOCC5)c(=O)c4)nc23)C(=O)N1. The Bertz CT molecular complexity index is 1450. The van der Waals surface area contributed by atoms with Gasteiger partial charge < -0.3 is 14.6 Å². The molecule has 0 bridgehead atoms. The summed E-state index contributed by atoms with van der Waals surface area (Å²) in [6, 6.07) is 5.42. The van der Waals surface area contributed by atoms with E-state index in [1.165, 1.54) is 12.8 Å². The molecule has 3 fully saturated rings. The zero-order valence-electron chi connectivity index (χ0n) is 20.5. The van der Waals surface area contributed by atoms with Gasteiger partial charge in [-0.15, -0.1) is 0 Å². The Morgan fingerprint density at radius 2 is 1.97 bits per heavy atom. The van der Waals surface area contributed by atoms with E-state index < -0.39 is 5.91 Å². The Labute approximate surface area is 213 Å². The van der Waals surface area contributed by atoms with Crippen molar-refractivity contribution in [1.29, 1.82) is 0 Å². The lowest BCUT2D eigenvalue weighted by Gasteiger charge is -2.26. The zero-order chi connectivity index (χ0) is 25.4. The largest absolute Gasteiger partial charge is 0.379 e. The number of carbonyl (C=O) groups excluding carboxylic acids is 2. The van der Waals surface area contributed by atoms with Crippen LogP contribution in [0, 0.1) is 5.92 Å². The molecule has 3 aromatic heterocycles. The van der Waals surface area contributed by atoms with Crippen molar-refractivity contribution in [2.45, 2.75) is 25.8 Å². The highest BCUT2D eigenvalue weighted by atomic mass is 16.5. The molecule has 2 aliphatic heterocycles. The molecule has 11 nitrogen and oxygen atoms in total. The zero-order valence-corrected chi connectivity index (χ0v) is 20.5. The van der Waals surface area contributed by atoms with Gasteiger partial charge in [-0.3, -0.25) is 24.6 Å². The summed E-state index contributed by atoms with van der Waals surface area (Å²) >= 11 is 0. The molecule has 192 valence electrons. The number of ether oxygens (including phenoxy) is 1. The average Bonchev–Trinajstić information content (AvgIpc) is 3.56. The van der Waals surface area contributed by atoms with E-state index in [1.807, 2.05) is 18.3 Å². The molecule has 3 aliphatic rings.